The average molecular weight is 325 g/mol. The molecule has 2 aromatic rings. The van der Waals surface area contributed by atoms with Crippen LogP contribution in [0.15, 0.2) is 48.5 Å². The molecule has 5 heteroatoms. The average Bonchev–Trinajstić information content (AvgIpc) is 2.62. The molecule has 0 radical (unpaired) electrons. The number of rotatable bonds is 5. The molecule has 0 aromatic heterocycles. The van der Waals surface area contributed by atoms with Crippen molar-refractivity contribution in [2.24, 2.45) is 0 Å². The predicted octanol–water partition coefficient (Wildman–Crippen LogP) is 2.55. The Hall–Kier alpha value is -2.97. The SMILES string of the molecule is O=C(NCCC#Cc1ccc(O)c(CO)c1)OCc1ccccc1. The summed E-state index contributed by atoms with van der Waals surface area (Å²) in [6.07, 6.45) is -0.0108. The van der Waals surface area contributed by atoms with Crippen molar-refractivity contribution in [1.82, 2.24) is 5.32 Å². The van der Waals surface area contributed by atoms with E-state index in [1.807, 2.05) is 30.3 Å². The zero-order chi connectivity index (χ0) is 17.2. The van der Waals surface area contributed by atoms with Crippen molar-refractivity contribution in [3.8, 4) is 17.6 Å². The molecule has 0 aliphatic heterocycles. The van der Waals surface area contributed by atoms with Crippen molar-refractivity contribution in [1.29, 1.82) is 0 Å². The Balaban J connectivity index is 1.70. The molecule has 1 amide bonds. The van der Waals surface area contributed by atoms with Crippen molar-refractivity contribution in [3.05, 3.63) is 65.2 Å². The minimum absolute atomic E-state index is 0.0471. The van der Waals surface area contributed by atoms with Crippen LogP contribution in [0, 0.1) is 11.8 Å². The van der Waals surface area contributed by atoms with E-state index < -0.39 is 6.09 Å². The Kier molecular flexibility index (Phi) is 6.69. The third-order valence-electron chi connectivity index (χ3n) is 3.21. The Bertz CT molecular complexity index is 732. The smallest absolute Gasteiger partial charge is 0.407 e. The number of aliphatic hydroxyl groups excluding tert-OH is 1. The second kappa shape index (κ2) is 9.23. The van der Waals surface area contributed by atoms with Crippen molar-refractivity contribution < 1.29 is 19.7 Å². The van der Waals surface area contributed by atoms with Gasteiger partial charge in [-0.05, 0) is 23.8 Å². The first-order valence-corrected chi connectivity index (χ1v) is 7.55. The zero-order valence-corrected chi connectivity index (χ0v) is 13.2. The molecule has 0 aliphatic rings. The Labute approximate surface area is 140 Å². The number of amides is 1. The van der Waals surface area contributed by atoms with Gasteiger partial charge in [0, 0.05) is 24.1 Å². The normalized spacial score (nSPS) is 9.71. The molecule has 124 valence electrons. The van der Waals surface area contributed by atoms with E-state index in [0.29, 0.717) is 24.1 Å². The molecule has 2 aromatic carbocycles. The van der Waals surface area contributed by atoms with Gasteiger partial charge in [0.25, 0.3) is 0 Å². The van der Waals surface area contributed by atoms with Gasteiger partial charge < -0.3 is 20.3 Å². The fourth-order valence-corrected chi connectivity index (χ4v) is 1.96. The van der Waals surface area contributed by atoms with Gasteiger partial charge in [0.1, 0.15) is 12.4 Å². The lowest BCUT2D eigenvalue weighted by atomic mass is 10.1. The van der Waals surface area contributed by atoms with Gasteiger partial charge in [-0.2, -0.15) is 0 Å². The number of benzene rings is 2. The van der Waals surface area contributed by atoms with Crippen molar-refractivity contribution >= 4 is 6.09 Å². The fraction of sp³-hybridized carbons (Fsp3) is 0.211. The lowest BCUT2D eigenvalue weighted by Crippen LogP contribution is -2.24. The van der Waals surface area contributed by atoms with Crippen LogP contribution in [0.1, 0.15) is 23.1 Å². The van der Waals surface area contributed by atoms with Gasteiger partial charge in [-0.25, -0.2) is 4.79 Å². The monoisotopic (exact) mass is 325 g/mol. The van der Waals surface area contributed by atoms with Crippen LogP contribution in [-0.2, 0) is 18.0 Å². The van der Waals surface area contributed by atoms with Gasteiger partial charge in [0.15, 0.2) is 0 Å². The third-order valence-corrected chi connectivity index (χ3v) is 3.21. The number of carbonyl (C=O) groups excluding carboxylic acids is 1. The summed E-state index contributed by atoms with van der Waals surface area (Å²) in [6, 6.07) is 14.2. The maximum Gasteiger partial charge on any atom is 0.407 e. The second-order valence-corrected chi connectivity index (χ2v) is 5.04. The van der Waals surface area contributed by atoms with Gasteiger partial charge in [-0.1, -0.05) is 42.2 Å². The van der Waals surface area contributed by atoms with Crippen LogP contribution in [0.3, 0.4) is 0 Å². The fourth-order valence-electron chi connectivity index (χ4n) is 1.96. The summed E-state index contributed by atoms with van der Waals surface area (Å²) in [5.74, 6) is 5.88. The lowest BCUT2D eigenvalue weighted by molar-refractivity contribution is 0.140. The number of hydrogen-bond donors (Lipinski definition) is 3. The number of aliphatic hydroxyl groups is 1. The van der Waals surface area contributed by atoms with E-state index in [-0.39, 0.29) is 19.0 Å². The molecule has 0 fully saturated rings. The van der Waals surface area contributed by atoms with Crippen LogP contribution in [-0.4, -0.2) is 22.9 Å². The number of alkyl carbamates (subject to hydrolysis) is 1. The summed E-state index contributed by atoms with van der Waals surface area (Å²) in [5.41, 5.74) is 2.06. The topological polar surface area (TPSA) is 78.8 Å². The predicted molar refractivity (Wildman–Crippen MR) is 90.2 cm³/mol. The van der Waals surface area contributed by atoms with Gasteiger partial charge in [-0.3, -0.25) is 0 Å². The molecular formula is C19H19NO4. The van der Waals surface area contributed by atoms with E-state index in [9.17, 15) is 9.90 Å². The Morgan fingerprint density at radius 3 is 2.71 bits per heavy atom. The second-order valence-electron chi connectivity index (χ2n) is 5.04. The van der Waals surface area contributed by atoms with Gasteiger partial charge >= 0.3 is 6.09 Å². The van der Waals surface area contributed by atoms with Gasteiger partial charge in [0.2, 0.25) is 0 Å². The third kappa shape index (κ3) is 5.67. The van der Waals surface area contributed by atoms with Crippen LogP contribution in [0.25, 0.3) is 0 Å². The van der Waals surface area contributed by atoms with E-state index in [0.717, 1.165) is 5.56 Å². The van der Waals surface area contributed by atoms with Crippen LogP contribution in [0.2, 0.25) is 0 Å². The molecular weight excluding hydrogens is 306 g/mol. The summed E-state index contributed by atoms with van der Waals surface area (Å²) < 4.78 is 5.08. The summed E-state index contributed by atoms with van der Waals surface area (Å²) in [7, 11) is 0. The highest BCUT2D eigenvalue weighted by Crippen LogP contribution is 2.17. The first-order valence-electron chi connectivity index (χ1n) is 7.55. The van der Waals surface area contributed by atoms with Crippen LogP contribution < -0.4 is 5.32 Å². The number of nitrogens with one attached hydrogen (secondary N) is 1. The molecule has 2 rings (SSSR count). The summed E-state index contributed by atoms with van der Waals surface area (Å²) in [4.78, 5) is 11.5. The Morgan fingerprint density at radius 1 is 1.17 bits per heavy atom. The minimum Gasteiger partial charge on any atom is -0.508 e. The van der Waals surface area contributed by atoms with Crippen LogP contribution in [0.4, 0.5) is 4.79 Å². The number of hydrogen-bond acceptors (Lipinski definition) is 4. The number of phenols is 1. The largest absolute Gasteiger partial charge is 0.508 e. The van der Waals surface area contributed by atoms with E-state index in [4.69, 9.17) is 9.84 Å². The molecule has 5 nitrogen and oxygen atoms in total. The summed E-state index contributed by atoms with van der Waals surface area (Å²) in [6.45, 7) is 0.373. The minimum atomic E-state index is -0.479. The van der Waals surface area contributed by atoms with E-state index >= 15 is 0 Å². The Morgan fingerprint density at radius 2 is 1.96 bits per heavy atom. The number of ether oxygens (including phenoxy) is 1. The molecule has 0 aliphatic carbocycles. The quantitative estimate of drug-likeness (QED) is 0.583. The molecule has 0 bridgehead atoms. The first kappa shape index (κ1) is 17.4. The highest BCUT2D eigenvalue weighted by Gasteiger charge is 2.01. The lowest BCUT2D eigenvalue weighted by Gasteiger charge is -2.05. The standard InChI is InChI=1S/C19H19NO4/c21-13-17-12-15(9-10-18(17)22)6-4-5-11-20-19(23)24-14-16-7-2-1-3-8-16/h1-3,7-10,12,21-22H,5,11,13-14H2,(H,20,23). The van der Waals surface area contributed by atoms with E-state index in [1.165, 1.54) is 6.07 Å². The molecule has 0 atom stereocenters. The van der Waals surface area contributed by atoms with Crippen molar-refractivity contribution in [2.45, 2.75) is 19.6 Å². The highest BCUT2D eigenvalue weighted by atomic mass is 16.5. The summed E-state index contributed by atoms with van der Waals surface area (Å²) >= 11 is 0. The molecule has 0 saturated heterocycles. The molecule has 0 spiro atoms. The summed E-state index contributed by atoms with van der Waals surface area (Å²) in [5, 5.41) is 21.2. The van der Waals surface area contributed by atoms with Crippen molar-refractivity contribution in [2.75, 3.05) is 6.54 Å². The highest BCUT2D eigenvalue weighted by molar-refractivity contribution is 5.67. The molecule has 0 unspecified atom stereocenters. The maximum atomic E-state index is 11.5. The molecule has 0 heterocycles. The molecule has 24 heavy (non-hydrogen) atoms. The van der Waals surface area contributed by atoms with Crippen LogP contribution in [0.5, 0.6) is 5.75 Å². The zero-order valence-electron chi connectivity index (χ0n) is 13.2. The number of carbonyl (C=O) groups is 1. The van der Waals surface area contributed by atoms with Gasteiger partial charge in [-0.15, -0.1) is 0 Å². The van der Waals surface area contributed by atoms with Gasteiger partial charge in [0.05, 0.1) is 6.61 Å². The number of aromatic hydroxyl groups is 1. The molecule has 3 N–H and O–H groups in total. The molecule has 0 saturated carbocycles. The first-order chi connectivity index (χ1) is 11.7. The van der Waals surface area contributed by atoms with Crippen molar-refractivity contribution in [3.63, 3.8) is 0 Å². The maximum absolute atomic E-state index is 11.5. The van der Waals surface area contributed by atoms with Crippen LogP contribution >= 0.6 is 0 Å². The van der Waals surface area contributed by atoms with E-state index in [1.54, 1.807) is 12.1 Å². The van der Waals surface area contributed by atoms with E-state index in [2.05, 4.69) is 17.2 Å².